The van der Waals surface area contributed by atoms with Gasteiger partial charge in [-0.05, 0) is 12.8 Å². The van der Waals surface area contributed by atoms with E-state index in [2.05, 4.69) is 6.07 Å². The summed E-state index contributed by atoms with van der Waals surface area (Å²) in [6.45, 7) is 0.755. The number of hydrogen-bond acceptors (Lipinski definition) is 2. The monoisotopic (exact) mass is 140 g/mol. The predicted octanol–water partition coefficient (Wildman–Crippen LogP) is 0.768. The summed E-state index contributed by atoms with van der Waals surface area (Å²) in [7, 11) is 1.74. The Hall–Kier alpha value is -1.04. The third kappa shape index (κ3) is 5.10. The Labute approximate surface area is 61.2 Å². The largest absolute Gasteiger partial charge is 0.348 e. The molecule has 0 saturated carbocycles. The smallest absolute Gasteiger partial charge is 0.209 e. The molecule has 0 rings (SSSR count). The normalized spacial score (nSPS) is 8.40. The van der Waals surface area contributed by atoms with Crippen LogP contribution in [0, 0.1) is 11.3 Å². The lowest BCUT2D eigenvalue weighted by molar-refractivity contribution is -0.117. The molecule has 0 aliphatic heterocycles. The van der Waals surface area contributed by atoms with E-state index in [1.54, 1.807) is 11.9 Å². The molecule has 0 unspecified atom stereocenters. The first-order valence-corrected chi connectivity index (χ1v) is 3.33. The van der Waals surface area contributed by atoms with Crippen molar-refractivity contribution < 1.29 is 4.79 Å². The van der Waals surface area contributed by atoms with Crippen molar-refractivity contribution in [2.24, 2.45) is 0 Å². The summed E-state index contributed by atoms with van der Waals surface area (Å²) in [5.41, 5.74) is 0. The SMILES string of the molecule is CN(C=O)CCCCC#N. The number of hydrogen-bond donors (Lipinski definition) is 0. The lowest BCUT2D eigenvalue weighted by atomic mass is 10.2. The van der Waals surface area contributed by atoms with Crippen LogP contribution in [0.4, 0.5) is 0 Å². The minimum atomic E-state index is 0.590. The van der Waals surface area contributed by atoms with Crippen LogP contribution in [0.1, 0.15) is 19.3 Å². The maximum Gasteiger partial charge on any atom is 0.209 e. The molecule has 0 bridgehead atoms. The summed E-state index contributed by atoms with van der Waals surface area (Å²) in [5, 5.41) is 8.16. The Morgan fingerprint density at radius 1 is 1.60 bits per heavy atom. The van der Waals surface area contributed by atoms with Gasteiger partial charge < -0.3 is 4.90 Å². The molecule has 0 N–H and O–H groups in total. The third-order valence-electron chi connectivity index (χ3n) is 1.23. The molecule has 0 radical (unpaired) electrons. The molecule has 0 aromatic heterocycles. The number of carbonyl (C=O) groups is 1. The molecular weight excluding hydrogens is 128 g/mol. The van der Waals surface area contributed by atoms with E-state index in [-0.39, 0.29) is 0 Å². The fraction of sp³-hybridized carbons (Fsp3) is 0.714. The van der Waals surface area contributed by atoms with Gasteiger partial charge in [-0.3, -0.25) is 4.79 Å². The second-order valence-corrected chi connectivity index (χ2v) is 2.20. The van der Waals surface area contributed by atoms with Crippen molar-refractivity contribution in [1.82, 2.24) is 4.90 Å². The fourth-order valence-corrected chi connectivity index (χ4v) is 0.618. The van der Waals surface area contributed by atoms with Gasteiger partial charge in [-0.1, -0.05) is 0 Å². The van der Waals surface area contributed by atoms with Crippen LogP contribution in [-0.4, -0.2) is 24.9 Å². The molecule has 1 amide bonds. The van der Waals surface area contributed by atoms with Crippen LogP contribution in [0.5, 0.6) is 0 Å². The number of amides is 1. The third-order valence-corrected chi connectivity index (χ3v) is 1.23. The lowest BCUT2D eigenvalue weighted by Gasteiger charge is -2.07. The van der Waals surface area contributed by atoms with Crippen molar-refractivity contribution in [2.45, 2.75) is 19.3 Å². The maximum atomic E-state index is 10.0. The van der Waals surface area contributed by atoms with Gasteiger partial charge in [-0.2, -0.15) is 5.26 Å². The van der Waals surface area contributed by atoms with Gasteiger partial charge in [-0.15, -0.1) is 0 Å². The molecule has 0 spiro atoms. The van der Waals surface area contributed by atoms with E-state index in [0.717, 1.165) is 25.8 Å². The van der Waals surface area contributed by atoms with Gasteiger partial charge in [0.05, 0.1) is 6.07 Å². The quantitative estimate of drug-likeness (QED) is 0.418. The van der Waals surface area contributed by atoms with E-state index >= 15 is 0 Å². The molecule has 0 fully saturated rings. The summed E-state index contributed by atoms with van der Waals surface area (Å²) < 4.78 is 0. The van der Waals surface area contributed by atoms with Crippen molar-refractivity contribution in [3.05, 3.63) is 0 Å². The molecule has 0 aliphatic rings. The van der Waals surface area contributed by atoms with Gasteiger partial charge in [0.15, 0.2) is 0 Å². The lowest BCUT2D eigenvalue weighted by Crippen LogP contribution is -2.16. The molecule has 3 heteroatoms. The first-order chi connectivity index (χ1) is 4.81. The minimum absolute atomic E-state index is 0.590. The Kier molecular flexibility index (Phi) is 5.45. The van der Waals surface area contributed by atoms with E-state index in [0.29, 0.717) is 6.42 Å². The van der Waals surface area contributed by atoms with Crippen LogP contribution in [-0.2, 0) is 4.79 Å². The van der Waals surface area contributed by atoms with Crippen LogP contribution in [0.15, 0.2) is 0 Å². The Bertz CT molecular complexity index is 128. The average molecular weight is 140 g/mol. The number of unbranched alkanes of at least 4 members (excludes halogenated alkanes) is 2. The van der Waals surface area contributed by atoms with Gasteiger partial charge in [0.25, 0.3) is 0 Å². The number of nitrogens with zero attached hydrogens (tertiary/aromatic N) is 2. The zero-order chi connectivity index (χ0) is 7.82. The van der Waals surface area contributed by atoms with Crippen molar-refractivity contribution in [1.29, 1.82) is 5.26 Å². The predicted molar refractivity (Wildman–Crippen MR) is 38.2 cm³/mol. The summed E-state index contributed by atoms with van der Waals surface area (Å²) in [6.07, 6.45) is 3.19. The first-order valence-electron chi connectivity index (χ1n) is 3.33. The topological polar surface area (TPSA) is 44.1 Å². The second kappa shape index (κ2) is 6.09. The van der Waals surface area contributed by atoms with Crippen molar-refractivity contribution >= 4 is 6.41 Å². The van der Waals surface area contributed by atoms with Gasteiger partial charge in [0.2, 0.25) is 6.41 Å². The zero-order valence-corrected chi connectivity index (χ0v) is 6.21. The Morgan fingerprint density at radius 3 is 2.80 bits per heavy atom. The standard InChI is InChI=1S/C7H12N2O/c1-9(7-10)6-4-2-3-5-8/h7H,2-4,6H2,1H3. The molecule has 0 aliphatic carbocycles. The number of rotatable bonds is 5. The second-order valence-electron chi connectivity index (χ2n) is 2.20. The Morgan fingerprint density at radius 2 is 2.30 bits per heavy atom. The van der Waals surface area contributed by atoms with Crippen LogP contribution >= 0.6 is 0 Å². The number of nitriles is 1. The summed E-state index contributed by atoms with van der Waals surface area (Å²) >= 11 is 0. The molecule has 0 saturated heterocycles. The van der Waals surface area contributed by atoms with Gasteiger partial charge in [0.1, 0.15) is 0 Å². The molecule has 0 aromatic carbocycles. The van der Waals surface area contributed by atoms with Crippen molar-refractivity contribution in [3.8, 4) is 6.07 Å². The van der Waals surface area contributed by atoms with E-state index < -0.39 is 0 Å². The van der Waals surface area contributed by atoms with E-state index in [1.807, 2.05) is 0 Å². The van der Waals surface area contributed by atoms with Crippen LogP contribution in [0.3, 0.4) is 0 Å². The molecule has 10 heavy (non-hydrogen) atoms. The summed E-state index contributed by atoms with van der Waals surface area (Å²) in [6, 6.07) is 2.05. The fourth-order valence-electron chi connectivity index (χ4n) is 0.618. The van der Waals surface area contributed by atoms with Gasteiger partial charge in [-0.25, -0.2) is 0 Å². The highest BCUT2D eigenvalue weighted by Gasteiger charge is 1.91. The highest BCUT2D eigenvalue weighted by molar-refractivity contribution is 5.46. The molecular formula is C7H12N2O. The van der Waals surface area contributed by atoms with Crippen molar-refractivity contribution in [3.63, 3.8) is 0 Å². The molecule has 3 nitrogen and oxygen atoms in total. The van der Waals surface area contributed by atoms with Crippen LogP contribution in [0.25, 0.3) is 0 Å². The van der Waals surface area contributed by atoms with E-state index in [9.17, 15) is 4.79 Å². The zero-order valence-electron chi connectivity index (χ0n) is 6.21. The van der Waals surface area contributed by atoms with Crippen LogP contribution in [0.2, 0.25) is 0 Å². The maximum absolute atomic E-state index is 10.0. The molecule has 0 atom stereocenters. The van der Waals surface area contributed by atoms with E-state index in [4.69, 9.17) is 5.26 Å². The number of carbonyl (C=O) groups excluding carboxylic acids is 1. The molecule has 0 heterocycles. The average Bonchev–Trinajstić information content (AvgIpc) is 1.98. The summed E-state index contributed by atoms with van der Waals surface area (Å²) in [4.78, 5) is 11.6. The highest BCUT2D eigenvalue weighted by atomic mass is 16.1. The van der Waals surface area contributed by atoms with Gasteiger partial charge >= 0.3 is 0 Å². The molecule has 0 aromatic rings. The van der Waals surface area contributed by atoms with Crippen LogP contribution < -0.4 is 0 Å². The van der Waals surface area contributed by atoms with Gasteiger partial charge in [0, 0.05) is 20.0 Å². The summed E-state index contributed by atoms with van der Waals surface area (Å²) in [5.74, 6) is 0. The Balaban J connectivity index is 3.05. The highest BCUT2D eigenvalue weighted by Crippen LogP contribution is 1.93. The first kappa shape index (κ1) is 8.96. The minimum Gasteiger partial charge on any atom is -0.348 e. The molecule has 56 valence electrons. The van der Waals surface area contributed by atoms with E-state index in [1.165, 1.54) is 0 Å². The van der Waals surface area contributed by atoms with Crippen molar-refractivity contribution in [2.75, 3.05) is 13.6 Å².